The Hall–Kier alpha value is -3.78. The van der Waals surface area contributed by atoms with Gasteiger partial charge >= 0.3 is 11.9 Å². The molecule has 0 atom stereocenters. The van der Waals surface area contributed by atoms with Gasteiger partial charge in [0.15, 0.2) is 0 Å². The summed E-state index contributed by atoms with van der Waals surface area (Å²) in [5, 5.41) is 0. The average Bonchev–Trinajstić information content (AvgIpc) is 2.82. The van der Waals surface area contributed by atoms with Crippen LogP contribution < -0.4 is 4.90 Å². The highest BCUT2D eigenvalue weighted by Crippen LogP contribution is 2.30. The van der Waals surface area contributed by atoms with Gasteiger partial charge < -0.3 is 19.1 Å². The molecule has 0 fully saturated rings. The number of fused-ring (bicyclic) bond motifs is 1. The van der Waals surface area contributed by atoms with Crippen molar-refractivity contribution in [3.63, 3.8) is 0 Å². The molecule has 0 aliphatic carbocycles. The standard InChI is InChI=1S/C22H19N3O5/c1-28-21(26)16-12-30-13-25(20(16)22(27)29-2)15-7-5-6-14(10-15)19-11-23-17-8-3-4-9-18(17)24-19/h3-11H,12-13H2,1-2H3. The second-order valence-electron chi connectivity index (χ2n) is 6.51. The van der Waals surface area contributed by atoms with Crippen LogP contribution in [0.4, 0.5) is 5.69 Å². The molecule has 4 rings (SSSR count). The molecule has 0 N–H and O–H groups in total. The van der Waals surface area contributed by atoms with E-state index in [1.165, 1.54) is 14.2 Å². The first kappa shape index (κ1) is 19.5. The first-order valence-electron chi connectivity index (χ1n) is 9.19. The minimum atomic E-state index is -0.644. The topological polar surface area (TPSA) is 90.9 Å². The van der Waals surface area contributed by atoms with Crippen LogP contribution in [0.1, 0.15) is 0 Å². The summed E-state index contributed by atoms with van der Waals surface area (Å²) < 4.78 is 15.2. The van der Waals surface area contributed by atoms with Crippen LogP contribution in [-0.2, 0) is 23.8 Å². The zero-order chi connectivity index (χ0) is 21.1. The van der Waals surface area contributed by atoms with Crippen molar-refractivity contribution in [1.82, 2.24) is 9.97 Å². The van der Waals surface area contributed by atoms with E-state index >= 15 is 0 Å². The molecular formula is C22H19N3O5. The molecule has 0 radical (unpaired) electrons. The van der Waals surface area contributed by atoms with Crippen LogP contribution in [0.25, 0.3) is 22.3 Å². The summed E-state index contributed by atoms with van der Waals surface area (Å²) in [7, 11) is 2.52. The van der Waals surface area contributed by atoms with Gasteiger partial charge in [-0.3, -0.25) is 4.98 Å². The molecule has 8 nitrogen and oxygen atoms in total. The van der Waals surface area contributed by atoms with Crippen LogP contribution in [-0.4, -0.2) is 49.5 Å². The van der Waals surface area contributed by atoms with E-state index in [2.05, 4.69) is 9.97 Å². The summed E-state index contributed by atoms with van der Waals surface area (Å²) in [6.07, 6.45) is 1.70. The molecule has 0 spiro atoms. The monoisotopic (exact) mass is 405 g/mol. The molecule has 0 saturated heterocycles. The molecule has 1 aliphatic heterocycles. The van der Waals surface area contributed by atoms with Crippen LogP contribution in [0.2, 0.25) is 0 Å². The number of carbonyl (C=O) groups excluding carboxylic acids is 2. The molecule has 0 saturated carbocycles. The van der Waals surface area contributed by atoms with E-state index in [-0.39, 0.29) is 24.6 Å². The zero-order valence-corrected chi connectivity index (χ0v) is 16.5. The van der Waals surface area contributed by atoms with Gasteiger partial charge in [0.05, 0.1) is 49.3 Å². The fourth-order valence-corrected chi connectivity index (χ4v) is 3.28. The minimum absolute atomic E-state index is 0.0382. The van der Waals surface area contributed by atoms with Crippen molar-refractivity contribution in [3.05, 3.63) is 66.0 Å². The lowest BCUT2D eigenvalue weighted by Crippen LogP contribution is -2.38. The van der Waals surface area contributed by atoms with Gasteiger partial charge in [0.2, 0.25) is 0 Å². The smallest absolute Gasteiger partial charge is 0.355 e. The van der Waals surface area contributed by atoms with E-state index in [1.54, 1.807) is 11.1 Å². The van der Waals surface area contributed by atoms with E-state index in [4.69, 9.17) is 14.2 Å². The third-order valence-corrected chi connectivity index (χ3v) is 4.74. The van der Waals surface area contributed by atoms with Crippen molar-refractivity contribution in [1.29, 1.82) is 0 Å². The first-order chi connectivity index (χ1) is 14.6. The highest BCUT2D eigenvalue weighted by Gasteiger charge is 2.32. The number of ether oxygens (including phenoxy) is 3. The van der Waals surface area contributed by atoms with Crippen molar-refractivity contribution < 1.29 is 23.8 Å². The molecule has 30 heavy (non-hydrogen) atoms. The molecule has 2 aromatic carbocycles. The maximum Gasteiger partial charge on any atom is 0.355 e. The Labute approximate surface area is 172 Å². The second-order valence-corrected chi connectivity index (χ2v) is 6.51. The summed E-state index contributed by atoms with van der Waals surface area (Å²) in [6, 6.07) is 15.0. The van der Waals surface area contributed by atoms with Crippen LogP contribution in [0.3, 0.4) is 0 Å². The molecule has 3 aromatic rings. The molecule has 2 heterocycles. The summed E-state index contributed by atoms with van der Waals surface area (Å²) in [5.74, 6) is -1.29. The van der Waals surface area contributed by atoms with Crippen molar-refractivity contribution >= 4 is 28.7 Å². The summed E-state index contributed by atoms with van der Waals surface area (Å²) in [4.78, 5) is 35.4. The third kappa shape index (κ3) is 3.60. The fourth-order valence-electron chi connectivity index (χ4n) is 3.28. The van der Waals surface area contributed by atoms with Crippen molar-refractivity contribution in [2.24, 2.45) is 0 Å². The number of rotatable bonds is 4. The molecule has 0 unspecified atom stereocenters. The van der Waals surface area contributed by atoms with E-state index in [0.717, 1.165) is 16.6 Å². The molecule has 152 valence electrons. The summed E-state index contributed by atoms with van der Waals surface area (Å²) >= 11 is 0. The number of hydrogen-bond donors (Lipinski definition) is 0. The van der Waals surface area contributed by atoms with Gasteiger partial charge in [0.1, 0.15) is 12.4 Å². The van der Waals surface area contributed by atoms with Gasteiger partial charge in [-0.1, -0.05) is 24.3 Å². The van der Waals surface area contributed by atoms with E-state index < -0.39 is 11.9 Å². The number of nitrogens with zero attached hydrogens (tertiary/aromatic N) is 3. The highest BCUT2D eigenvalue weighted by molar-refractivity contribution is 6.03. The summed E-state index contributed by atoms with van der Waals surface area (Å²) in [5.41, 5.74) is 3.92. The number of methoxy groups -OCH3 is 2. The van der Waals surface area contributed by atoms with Gasteiger partial charge in [-0.2, -0.15) is 0 Å². The lowest BCUT2D eigenvalue weighted by molar-refractivity contribution is -0.140. The average molecular weight is 405 g/mol. The predicted molar refractivity (Wildman–Crippen MR) is 109 cm³/mol. The Morgan fingerprint density at radius 2 is 1.77 bits per heavy atom. The van der Waals surface area contributed by atoms with Crippen molar-refractivity contribution in [2.45, 2.75) is 0 Å². The van der Waals surface area contributed by atoms with Crippen LogP contribution >= 0.6 is 0 Å². The Kier molecular flexibility index (Phi) is 5.40. The number of hydrogen-bond acceptors (Lipinski definition) is 8. The molecule has 0 amide bonds. The Morgan fingerprint density at radius 1 is 1.00 bits per heavy atom. The zero-order valence-electron chi connectivity index (χ0n) is 16.5. The number of anilines is 1. The number of benzene rings is 2. The lowest BCUT2D eigenvalue weighted by Gasteiger charge is -2.31. The van der Waals surface area contributed by atoms with Crippen molar-refractivity contribution in [2.75, 3.05) is 32.5 Å². The van der Waals surface area contributed by atoms with Gasteiger partial charge in [0, 0.05) is 11.3 Å². The van der Waals surface area contributed by atoms with E-state index in [9.17, 15) is 9.59 Å². The lowest BCUT2D eigenvalue weighted by atomic mass is 10.1. The normalized spacial score (nSPS) is 14.0. The Balaban J connectivity index is 1.78. The van der Waals surface area contributed by atoms with Gasteiger partial charge in [-0.25, -0.2) is 14.6 Å². The van der Waals surface area contributed by atoms with Gasteiger partial charge in [-0.05, 0) is 24.3 Å². The van der Waals surface area contributed by atoms with Gasteiger partial charge in [0.25, 0.3) is 0 Å². The maximum absolute atomic E-state index is 12.5. The largest absolute Gasteiger partial charge is 0.466 e. The Bertz CT molecular complexity index is 1160. The quantitative estimate of drug-likeness (QED) is 0.612. The SMILES string of the molecule is COC(=O)C1=C(C(=O)OC)N(c2cccc(-c3cnc4ccccc4n3)c2)COC1. The molecule has 0 bridgehead atoms. The fraction of sp³-hybridized carbons (Fsp3) is 0.182. The van der Waals surface area contributed by atoms with Crippen LogP contribution in [0, 0.1) is 0 Å². The third-order valence-electron chi connectivity index (χ3n) is 4.74. The molecule has 1 aliphatic rings. The highest BCUT2D eigenvalue weighted by atomic mass is 16.5. The van der Waals surface area contributed by atoms with Gasteiger partial charge in [-0.15, -0.1) is 0 Å². The molecule has 1 aromatic heterocycles. The molecular weight excluding hydrogens is 386 g/mol. The van der Waals surface area contributed by atoms with E-state index in [1.807, 2.05) is 48.5 Å². The maximum atomic E-state index is 12.5. The Morgan fingerprint density at radius 3 is 2.53 bits per heavy atom. The predicted octanol–water partition coefficient (Wildman–Crippen LogP) is 2.69. The first-order valence-corrected chi connectivity index (χ1v) is 9.19. The number of esters is 2. The minimum Gasteiger partial charge on any atom is -0.466 e. The number of para-hydroxylation sites is 2. The van der Waals surface area contributed by atoms with E-state index in [0.29, 0.717) is 11.4 Å². The van der Waals surface area contributed by atoms with Crippen molar-refractivity contribution in [3.8, 4) is 11.3 Å². The number of carbonyl (C=O) groups is 2. The summed E-state index contributed by atoms with van der Waals surface area (Å²) in [6.45, 7) is 0.0429. The number of aromatic nitrogens is 2. The molecule has 8 heteroatoms. The van der Waals surface area contributed by atoms with Crippen LogP contribution in [0.5, 0.6) is 0 Å². The van der Waals surface area contributed by atoms with Crippen LogP contribution in [0.15, 0.2) is 66.0 Å². The second kappa shape index (κ2) is 8.30.